The number of benzene rings is 1. The first-order valence-corrected chi connectivity index (χ1v) is 8.35. The third-order valence-electron chi connectivity index (χ3n) is 4.71. The number of fused-ring (bicyclic) bond motifs is 1. The maximum atomic E-state index is 12.7. The molecular formula is C19H23N4O2+. The fraction of sp³-hybridized carbons (Fsp3) is 0.368. The Morgan fingerprint density at radius 2 is 1.72 bits per heavy atom. The number of carbonyl (C=O) groups is 2. The molecule has 3 rings (SSSR count). The summed E-state index contributed by atoms with van der Waals surface area (Å²) in [6.07, 6.45) is 1.79. The number of nitrogens with one attached hydrogen (secondary N) is 1. The van der Waals surface area contributed by atoms with Gasteiger partial charge in [0.2, 0.25) is 0 Å². The molecular weight excluding hydrogens is 316 g/mol. The van der Waals surface area contributed by atoms with Gasteiger partial charge in [0.05, 0.1) is 24.6 Å². The van der Waals surface area contributed by atoms with Crippen molar-refractivity contribution in [3.8, 4) is 0 Å². The topological polar surface area (TPSA) is 67.0 Å². The third-order valence-corrected chi connectivity index (χ3v) is 4.71. The summed E-state index contributed by atoms with van der Waals surface area (Å²) >= 11 is 0. The lowest BCUT2D eigenvalue weighted by Gasteiger charge is -2.32. The van der Waals surface area contributed by atoms with E-state index >= 15 is 0 Å². The van der Waals surface area contributed by atoms with Gasteiger partial charge < -0.3 is 0 Å². The molecule has 3 amide bonds. The number of hydrogen-bond acceptors (Lipinski definition) is 3. The highest BCUT2D eigenvalue weighted by Gasteiger charge is 2.50. The van der Waals surface area contributed by atoms with Crippen LogP contribution in [0.2, 0.25) is 0 Å². The van der Waals surface area contributed by atoms with Crippen molar-refractivity contribution in [2.75, 3.05) is 14.1 Å². The van der Waals surface area contributed by atoms with E-state index in [2.05, 4.69) is 31.0 Å². The van der Waals surface area contributed by atoms with E-state index in [4.69, 9.17) is 4.99 Å². The van der Waals surface area contributed by atoms with E-state index in [9.17, 15) is 9.59 Å². The van der Waals surface area contributed by atoms with Crippen LogP contribution in [0.1, 0.15) is 32.3 Å². The Bertz CT molecular complexity index is 818. The standard InChI is InChI=1S/C19H22N4O2/c1-11(2)13-6-8-14(9-7-13)21-16-12(3)10-20-17-15(16)18(24)23(5)19(25)22(17)4/h6-11,15H,1-5H3/p+1. The molecule has 130 valence electrons. The number of urea groups is 1. The molecule has 0 radical (unpaired) electrons. The summed E-state index contributed by atoms with van der Waals surface area (Å²) < 4.78 is 0. The number of allylic oxidation sites excluding steroid dienone is 1. The second kappa shape index (κ2) is 6.27. The molecule has 1 unspecified atom stereocenters. The molecule has 1 aromatic rings. The lowest BCUT2D eigenvalue weighted by molar-refractivity contribution is -0.383. The molecule has 0 bridgehead atoms. The van der Waals surface area contributed by atoms with Crippen molar-refractivity contribution in [3.63, 3.8) is 0 Å². The molecule has 0 aromatic heterocycles. The molecule has 1 atom stereocenters. The summed E-state index contributed by atoms with van der Waals surface area (Å²) in [5, 5.41) is 0. The van der Waals surface area contributed by atoms with Gasteiger partial charge in [0.25, 0.3) is 11.7 Å². The summed E-state index contributed by atoms with van der Waals surface area (Å²) in [6.45, 7) is 6.20. The fourth-order valence-corrected chi connectivity index (χ4v) is 3.06. The second-order valence-corrected chi connectivity index (χ2v) is 6.77. The number of amides is 3. The van der Waals surface area contributed by atoms with Crippen molar-refractivity contribution in [3.05, 3.63) is 41.6 Å². The quantitative estimate of drug-likeness (QED) is 0.885. The molecule has 2 aliphatic rings. The minimum Gasteiger partial charge on any atom is -0.273 e. The molecule has 2 heterocycles. The minimum atomic E-state index is -0.595. The summed E-state index contributed by atoms with van der Waals surface area (Å²) in [6, 6.07) is 7.68. The predicted molar refractivity (Wildman–Crippen MR) is 96.8 cm³/mol. The van der Waals surface area contributed by atoms with E-state index in [1.165, 1.54) is 17.5 Å². The van der Waals surface area contributed by atoms with E-state index in [1.807, 2.05) is 19.1 Å². The van der Waals surface area contributed by atoms with Crippen LogP contribution in [-0.4, -0.2) is 47.4 Å². The largest absolute Gasteiger partial charge is 0.417 e. The molecule has 1 N–H and O–H groups in total. The average molecular weight is 339 g/mol. The number of aliphatic imine (C=N–C) groups is 1. The lowest BCUT2D eigenvalue weighted by atomic mass is 9.91. The Balaban J connectivity index is 2.03. The highest BCUT2D eigenvalue weighted by atomic mass is 16.2. The van der Waals surface area contributed by atoms with Gasteiger partial charge in [-0.05, 0) is 30.5 Å². The first kappa shape index (κ1) is 17.1. The maximum absolute atomic E-state index is 12.7. The van der Waals surface area contributed by atoms with Crippen LogP contribution in [0.15, 0.2) is 41.0 Å². The van der Waals surface area contributed by atoms with E-state index < -0.39 is 5.92 Å². The number of amidine groups is 1. The third kappa shape index (κ3) is 2.88. The summed E-state index contributed by atoms with van der Waals surface area (Å²) in [5.74, 6) is 0.143. The number of hydrogen-bond donors (Lipinski definition) is 1. The predicted octanol–water partition coefficient (Wildman–Crippen LogP) is 1.42. The Kier molecular flexibility index (Phi) is 4.29. The van der Waals surface area contributed by atoms with E-state index in [-0.39, 0.29) is 11.9 Å². The van der Waals surface area contributed by atoms with Gasteiger partial charge in [0.1, 0.15) is 0 Å². The van der Waals surface area contributed by atoms with E-state index in [0.29, 0.717) is 17.5 Å². The van der Waals surface area contributed by atoms with Crippen molar-refractivity contribution in [1.29, 1.82) is 0 Å². The highest BCUT2D eigenvalue weighted by Crippen LogP contribution is 2.25. The van der Waals surface area contributed by atoms with Gasteiger partial charge in [-0.1, -0.05) is 26.0 Å². The minimum absolute atomic E-state index is 0.268. The number of rotatable bonds is 2. The molecule has 0 saturated carbocycles. The van der Waals surface area contributed by atoms with Crippen LogP contribution in [-0.2, 0) is 4.79 Å². The number of imide groups is 1. The molecule has 1 saturated heterocycles. The van der Waals surface area contributed by atoms with Crippen LogP contribution in [0.4, 0.5) is 10.5 Å². The van der Waals surface area contributed by atoms with Crippen molar-refractivity contribution in [2.45, 2.75) is 26.7 Å². The Morgan fingerprint density at radius 3 is 2.32 bits per heavy atom. The van der Waals surface area contributed by atoms with Crippen LogP contribution in [0.5, 0.6) is 0 Å². The van der Waals surface area contributed by atoms with Gasteiger partial charge in [-0.15, -0.1) is 0 Å². The van der Waals surface area contributed by atoms with Crippen LogP contribution in [0.3, 0.4) is 0 Å². The van der Waals surface area contributed by atoms with Crippen molar-refractivity contribution >= 4 is 29.2 Å². The van der Waals surface area contributed by atoms with Gasteiger partial charge in [0.15, 0.2) is 5.92 Å². The van der Waals surface area contributed by atoms with Crippen LogP contribution in [0.25, 0.3) is 0 Å². The van der Waals surface area contributed by atoms with Crippen molar-refractivity contribution < 1.29 is 14.6 Å². The summed E-state index contributed by atoms with van der Waals surface area (Å²) in [4.78, 5) is 35.3. The van der Waals surface area contributed by atoms with Crippen molar-refractivity contribution in [1.82, 2.24) is 9.80 Å². The molecule has 6 heteroatoms. The SMILES string of the molecule is CC1=C[NH+]=C2C(C(=O)N(C)C(=O)N2C)C1=Nc1ccc(C(C)C)cc1. The first-order chi connectivity index (χ1) is 11.8. The Labute approximate surface area is 147 Å². The first-order valence-electron chi connectivity index (χ1n) is 8.35. The molecule has 0 aliphatic carbocycles. The monoisotopic (exact) mass is 339 g/mol. The Morgan fingerprint density at radius 1 is 1.08 bits per heavy atom. The molecule has 1 aromatic carbocycles. The normalized spacial score (nSPS) is 22.3. The molecule has 0 spiro atoms. The zero-order valence-corrected chi connectivity index (χ0v) is 15.2. The summed E-state index contributed by atoms with van der Waals surface area (Å²) in [5.41, 5.74) is 3.59. The number of carbonyl (C=O) groups excluding carboxylic acids is 2. The van der Waals surface area contributed by atoms with Gasteiger partial charge in [-0.2, -0.15) is 4.90 Å². The zero-order chi connectivity index (χ0) is 18.3. The zero-order valence-electron chi connectivity index (χ0n) is 15.2. The fourth-order valence-electron chi connectivity index (χ4n) is 3.06. The van der Waals surface area contributed by atoms with Crippen LogP contribution in [0, 0.1) is 5.92 Å². The molecule has 2 aliphatic heterocycles. The molecule has 1 fully saturated rings. The molecule has 6 nitrogen and oxygen atoms in total. The smallest absolute Gasteiger partial charge is 0.273 e. The van der Waals surface area contributed by atoms with Gasteiger partial charge in [-0.25, -0.2) is 14.7 Å². The van der Waals surface area contributed by atoms with E-state index in [0.717, 1.165) is 16.2 Å². The maximum Gasteiger partial charge on any atom is 0.417 e. The molecule has 25 heavy (non-hydrogen) atoms. The van der Waals surface area contributed by atoms with E-state index in [1.54, 1.807) is 13.2 Å². The van der Waals surface area contributed by atoms with Gasteiger partial charge in [0, 0.05) is 12.6 Å². The van der Waals surface area contributed by atoms with Gasteiger partial charge >= 0.3 is 6.03 Å². The highest BCUT2D eigenvalue weighted by molar-refractivity contribution is 6.31. The summed E-state index contributed by atoms with van der Waals surface area (Å²) in [7, 11) is 3.16. The van der Waals surface area contributed by atoms with Crippen molar-refractivity contribution in [2.24, 2.45) is 10.9 Å². The van der Waals surface area contributed by atoms with Gasteiger partial charge in [-0.3, -0.25) is 9.79 Å². The number of nitrogens with zero attached hydrogens (tertiary/aromatic N) is 3. The Hall–Kier alpha value is -2.76. The lowest BCUT2D eigenvalue weighted by Crippen LogP contribution is -2.80. The van der Waals surface area contributed by atoms with Crippen LogP contribution < -0.4 is 4.99 Å². The second-order valence-electron chi connectivity index (χ2n) is 6.77. The van der Waals surface area contributed by atoms with Crippen LogP contribution >= 0.6 is 0 Å². The average Bonchev–Trinajstić information content (AvgIpc) is 2.60.